The quantitative estimate of drug-likeness (QED) is 0.704. The van der Waals surface area contributed by atoms with Crippen molar-refractivity contribution in [2.75, 3.05) is 0 Å². The van der Waals surface area contributed by atoms with E-state index in [0.717, 1.165) is 4.47 Å². The first kappa shape index (κ1) is 11.1. The standard InChI is InChI=1S/C15H16BrN/c1-17-10-12(8-11-4-2-3-5-11)14-9-13(16)6-7-15(14)17/h6-10H,2-5H2,1H3. The lowest BCUT2D eigenvalue weighted by molar-refractivity contribution is 0.886. The van der Waals surface area contributed by atoms with Crippen LogP contribution in [0.5, 0.6) is 0 Å². The van der Waals surface area contributed by atoms with Crippen LogP contribution in [0.25, 0.3) is 17.0 Å². The molecule has 0 bridgehead atoms. The molecule has 1 aromatic carbocycles. The molecular formula is C15H16BrN. The fourth-order valence-electron chi connectivity index (χ4n) is 2.70. The Labute approximate surface area is 110 Å². The largest absolute Gasteiger partial charge is 0.350 e. The van der Waals surface area contributed by atoms with Gasteiger partial charge < -0.3 is 4.57 Å². The molecule has 1 nitrogen and oxygen atoms in total. The Morgan fingerprint density at radius 1 is 1.24 bits per heavy atom. The second-order valence-electron chi connectivity index (χ2n) is 4.87. The average Bonchev–Trinajstić information content (AvgIpc) is 2.89. The zero-order valence-electron chi connectivity index (χ0n) is 10.0. The van der Waals surface area contributed by atoms with Gasteiger partial charge in [-0.25, -0.2) is 0 Å². The highest BCUT2D eigenvalue weighted by Crippen LogP contribution is 2.30. The highest BCUT2D eigenvalue weighted by Gasteiger charge is 2.09. The molecule has 2 heteroatoms. The molecule has 0 saturated heterocycles. The van der Waals surface area contributed by atoms with Crippen molar-refractivity contribution in [2.45, 2.75) is 25.7 Å². The minimum absolute atomic E-state index is 1.15. The summed E-state index contributed by atoms with van der Waals surface area (Å²) in [5, 5.41) is 1.35. The molecule has 88 valence electrons. The Morgan fingerprint density at radius 2 is 2.00 bits per heavy atom. The van der Waals surface area contributed by atoms with Crippen LogP contribution < -0.4 is 0 Å². The number of hydrogen-bond acceptors (Lipinski definition) is 0. The van der Waals surface area contributed by atoms with Crippen LogP contribution in [0.2, 0.25) is 0 Å². The molecule has 1 aliphatic carbocycles. The summed E-state index contributed by atoms with van der Waals surface area (Å²) < 4.78 is 3.37. The maximum atomic E-state index is 3.56. The van der Waals surface area contributed by atoms with Gasteiger partial charge in [0.2, 0.25) is 0 Å². The van der Waals surface area contributed by atoms with Gasteiger partial charge in [-0.15, -0.1) is 0 Å². The van der Waals surface area contributed by atoms with E-state index in [1.54, 1.807) is 5.57 Å². The van der Waals surface area contributed by atoms with Gasteiger partial charge in [0.25, 0.3) is 0 Å². The number of aryl methyl sites for hydroxylation is 1. The third-order valence-electron chi connectivity index (χ3n) is 3.59. The predicted molar refractivity (Wildman–Crippen MR) is 77.1 cm³/mol. The SMILES string of the molecule is Cn1cc(C=C2CCCC2)c2cc(Br)ccc21. The van der Waals surface area contributed by atoms with E-state index < -0.39 is 0 Å². The van der Waals surface area contributed by atoms with Gasteiger partial charge in [-0.3, -0.25) is 0 Å². The summed E-state index contributed by atoms with van der Waals surface area (Å²) in [6.45, 7) is 0. The lowest BCUT2D eigenvalue weighted by Gasteiger charge is -1.97. The van der Waals surface area contributed by atoms with E-state index in [1.165, 1.54) is 42.1 Å². The summed E-state index contributed by atoms with van der Waals surface area (Å²) in [6.07, 6.45) is 9.92. The predicted octanol–water partition coefficient (Wildman–Crippen LogP) is 4.90. The Bertz CT molecular complexity index is 584. The van der Waals surface area contributed by atoms with Crippen LogP contribution >= 0.6 is 15.9 Å². The fraction of sp³-hybridized carbons (Fsp3) is 0.333. The number of halogens is 1. The number of benzene rings is 1. The van der Waals surface area contributed by atoms with E-state index in [9.17, 15) is 0 Å². The summed E-state index contributed by atoms with van der Waals surface area (Å²) in [5.41, 5.74) is 4.27. The Hall–Kier alpha value is -1.02. The van der Waals surface area contributed by atoms with Gasteiger partial charge in [-0.2, -0.15) is 0 Å². The van der Waals surface area contributed by atoms with Crippen molar-refractivity contribution in [3.63, 3.8) is 0 Å². The van der Waals surface area contributed by atoms with Gasteiger partial charge in [-0.1, -0.05) is 27.6 Å². The van der Waals surface area contributed by atoms with Crippen molar-refractivity contribution in [3.8, 4) is 0 Å². The van der Waals surface area contributed by atoms with E-state index in [1.807, 2.05) is 0 Å². The summed E-state index contributed by atoms with van der Waals surface area (Å²) in [6, 6.07) is 6.50. The van der Waals surface area contributed by atoms with Crippen molar-refractivity contribution in [2.24, 2.45) is 7.05 Å². The third-order valence-corrected chi connectivity index (χ3v) is 4.08. The smallest absolute Gasteiger partial charge is 0.0484 e. The fourth-order valence-corrected chi connectivity index (χ4v) is 3.06. The van der Waals surface area contributed by atoms with Gasteiger partial charge in [0.1, 0.15) is 0 Å². The second-order valence-corrected chi connectivity index (χ2v) is 5.78. The molecule has 0 atom stereocenters. The lowest BCUT2D eigenvalue weighted by atomic mass is 10.1. The van der Waals surface area contributed by atoms with E-state index in [2.05, 4.69) is 58.0 Å². The summed E-state index contributed by atoms with van der Waals surface area (Å²) in [4.78, 5) is 0. The molecule has 0 radical (unpaired) electrons. The molecule has 0 amide bonds. The molecule has 17 heavy (non-hydrogen) atoms. The number of aromatic nitrogens is 1. The first-order chi connectivity index (χ1) is 8.24. The van der Waals surface area contributed by atoms with Crippen LogP contribution in [0.15, 0.2) is 34.4 Å². The van der Waals surface area contributed by atoms with E-state index in [4.69, 9.17) is 0 Å². The molecule has 1 aromatic heterocycles. The second kappa shape index (κ2) is 4.34. The monoisotopic (exact) mass is 289 g/mol. The molecule has 0 unspecified atom stereocenters. The number of allylic oxidation sites excluding steroid dienone is 1. The molecule has 1 heterocycles. The normalized spacial score (nSPS) is 15.8. The van der Waals surface area contributed by atoms with E-state index in [-0.39, 0.29) is 0 Å². The van der Waals surface area contributed by atoms with E-state index >= 15 is 0 Å². The summed E-state index contributed by atoms with van der Waals surface area (Å²) in [5.74, 6) is 0. The summed E-state index contributed by atoms with van der Waals surface area (Å²) >= 11 is 3.56. The first-order valence-corrected chi connectivity index (χ1v) is 6.97. The Kier molecular flexibility index (Phi) is 2.83. The molecule has 1 saturated carbocycles. The van der Waals surface area contributed by atoms with Crippen LogP contribution in [0.4, 0.5) is 0 Å². The Morgan fingerprint density at radius 3 is 2.76 bits per heavy atom. The third kappa shape index (κ3) is 2.06. The van der Waals surface area contributed by atoms with Gasteiger partial charge in [0.15, 0.2) is 0 Å². The molecule has 1 fully saturated rings. The van der Waals surface area contributed by atoms with Crippen LogP contribution in [0, 0.1) is 0 Å². The number of nitrogens with zero attached hydrogens (tertiary/aromatic N) is 1. The van der Waals surface area contributed by atoms with Gasteiger partial charge >= 0.3 is 0 Å². The lowest BCUT2D eigenvalue weighted by Crippen LogP contribution is -1.82. The van der Waals surface area contributed by atoms with Crippen molar-refractivity contribution >= 4 is 32.9 Å². The molecule has 0 spiro atoms. The average molecular weight is 290 g/mol. The van der Waals surface area contributed by atoms with Crippen LogP contribution in [0.1, 0.15) is 31.2 Å². The van der Waals surface area contributed by atoms with Crippen LogP contribution in [-0.4, -0.2) is 4.57 Å². The molecule has 0 N–H and O–H groups in total. The van der Waals surface area contributed by atoms with Crippen molar-refractivity contribution < 1.29 is 0 Å². The molecule has 3 rings (SSSR count). The summed E-state index contributed by atoms with van der Waals surface area (Å²) in [7, 11) is 2.12. The Balaban J connectivity index is 2.15. The molecular weight excluding hydrogens is 274 g/mol. The maximum Gasteiger partial charge on any atom is 0.0484 e. The topological polar surface area (TPSA) is 4.93 Å². The zero-order valence-corrected chi connectivity index (χ0v) is 11.6. The molecule has 2 aromatic rings. The van der Waals surface area contributed by atoms with Crippen LogP contribution in [0.3, 0.4) is 0 Å². The first-order valence-electron chi connectivity index (χ1n) is 6.18. The van der Waals surface area contributed by atoms with E-state index in [0.29, 0.717) is 0 Å². The van der Waals surface area contributed by atoms with Crippen molar-refractivity contribution in [1.82, 2.24) is 4.57 Å². The van der Waals surface area contributed by atoms with Gasteiger partial charge in [0, 0.05) is 28.6 Å². The minimum Gasteiger partial charge on any atom is -0.350 e. The number of hydrogen-bond donors (Lipinski definition) is 0. The van der Waals surface area contributed by atoms with Crippen molar-refractivity contribution in [3.05, 3.63) is 40.0 Å². The number of rotatable bonds is 1. The molecule has 1 aliphatic rings. The molecule has 0 aliphatic heterocycles. The number of fused-ring (bicyclic) bond motifs is 1. The van der Waals surface area contributed by atoms with Crippen LogP contribution in [-0.2, 0) is 7.05 Å². The minimum atomic E-state index is 1.15. The zero-order chi connectivity index (χ0) is 11.8. The van der Waals surface area contributed by atoms with Gasteiger partial charge in [-0.05, 0) is 49.4 Å². The van der Waals surface area contributed by atoms with Crippen molar-refractivity contribution in [1.29, 1.82) is 0 Å². The highest BCUT2D eigenvalue weighted by molar-refractivity contribution is 9.10. The van der Waals surface area contributed by atoms with Gasteiger partial charge in [0.05, 0.1) is 0 Å². The maximum absolute atomic E-state index is 3.56. The highest BCUT2D eigenvalue weighted by atomic mass is 79.9.